The van der Waals surface area contributed by atoms with Crippen molar-refractivity contribution in [3.8, 4) is 0 Å². The largest absolute Gasteiger partial charge is 0.338 e. The van der Waals surface area contributed by atoms with Crippen LogP contribution in [-0.4, -0.2) is 20.4 Å². The first-order valence-corrected chi connectivity index (χ1v) is 7.67. The molecule has 0 saturated heterocycles. The molecule has 0 fully saturated rings. The van der Waals surface area contributed by atoms with E-state index in [4.69, 9.17) is 0 Å². The summed E-state index contributed by atoms with van der Waals surface area (Å²) in [6, 6.07) is 8.32. The van der Waals surface area contributed by atoms with Crippen molar-refractivity contribution in [3.63, 3.8) is 0 Å². The van der Waals surface area contributed by atoms with Crippen molar-refractivity contribution in [1.82, 2.24) is 9.13 Å². The molecule has 5 nitrogen and oxygen atoms in total. The second-order valence-corrected chi connectivity index (χ2v) is 5.44. The van der Waals surface area contributed by atoms with Crippen LogP contribution in [0.1, 0.15) is 22.3 Å². The molecule has 1 heterocycles. The third-order valence-electron chi connectivity index (χ3n) is 3.08. The van der Waals surface area contributed by atoms with E-state index in [0.717, 1.165) is 11.8 Å². The number of halogens is 1. The van der Waals surface area contributed by atoms with E-state index in [1.54, 1.807) is 37.3 Å². The van der Waals surface area contributed by atoms with Crippen molar-refractivity contribution < 1.29 is 4.79 Å². The van der Waals surface area contributed by atoms with Crippen LogP contribution in [0.2, 0.25) is 0 Å². The number of aryl methyl sites for hydroxylation is 2. The third-order valence-corrected chi connectivity index (χ3v) is 3.64. The highest BCUT2D eigenvalue weighted by molar-refractivity contribution is 9.09. The van der Waals surface area contributed by atoms with Gasteiger partial charge in [-0.15, -0.1) is 0 Å². The van der Waals surface area contributed by atoms with Crippen LogP contribution in [0, 0.1) is 6.92 Å². The molecule has 110 valence electrons. The molecule has 6 heteroatoms. The molecule has 0 unspecified atom stereocenters. The molecular weight excluding hydrogens is 336 g/mol. The van der Waals surface area contributed by atoms with E-state index in [1.165, 1.54) is 10.8 Å². The summed E-state index contributed by atoms with van der Waals surface area (Å²) < 4.78 is 2.11. The minimum Gasteiger partial charge on any atom is -0.300 e. The van der Waals surface area contributed by atoms with Crippen LogP contribution >= 0.6 is 15.9 Å². The second kappa shape index (κ2) is 6.67. The van der Waals surface area contributed by atoms with Crippen LogP contribution in [0.15, 0.2) is 46.1 Å². The Balaban J connectivity index is 2.58. The van der Waals surface area contributed by atoms with Crippen molar-refractivity contribution in [2.45, 2.75) is 19.9 Å². The van der Waals surface area contributed by atoms with Crippen molar-refractivity contribution in [1.29, 1.82) is 0 Å². The summed E-state index contributed by atoms with van der Waals surface area (Å²) in [7, 11) is 0. The van der Waals surface area contributed by atoms with Crippen molar-refractivity contribution in [2.24, 2.45) is 0 Å². The highest BCUT2D eigenvalue weighted by Crippen LogP contribution is 2.00. The molecule has 2 rings (SSSR count). The molecule has 0 radical (unpaired) electrons. The van der Waals surface area contributed by atoms with Gasteiger partial charge in [0.15, 0.2) is 0 Å². The molecule has 0 spiro atoms. The van der Waals surface area contributed by atoms with Crippen LogP contribution in [0.3, 0.4) is 0 Å². The maximum atomic E-state index is 12.4. The van der Waals surface area contributed by atoms with Crippen molar-refractivity contribution >= 4 is 21.8 Å². The second-order valence-electron chi connectivity index (χ2n) is 4.64. The fraction of sp³-hybridized carbons (Fsp3) is 0.267. The number of nitrogens with zero attached hydrogens (tertiary/aromatic N) is 2. The first-order chi connectivity index (χ1) is 10.1. The van der Waals surface area contributed by atoms with Crippen LogP contribution in [0.4, 0.5) is 0 Å². The lowest BCUT2D eigenvalue weighted by Crippen LogP contribution is -2.44. The Kier molecular flexibility index (Phi) is 4.90. The molecule has 2 aromatic rings. The SMILES string of the molecule is Cc1cn(CCCBr)c(=O)n(C(=O)c2ccccc2)c1=O. The van der Waals surface area contributed by atoms with Gasteiger partial charge < -0.3 is 0 Å². The predicted molar refractivity (Wildman–Crippen MR) is 84.3 cm³/mol. The third kappa shape index (κ3) is 3.21. The number of hydrogen-bond donors (Lipinski definition) is 0. The Morgan fingerprint density at radius 3 is 2.48 bits per heavy atom. The number of alkyl halides is 1. The van der Waals surface area contributed by atoms with E-state index < -0.39 is 17.2 Å². The van der Waals surface area contributed by atoms with Gasteiger partial charge in [-0.2, -0.15) is 4.57 Å². The van der Waals surface area contributed by atoms with Crippen molar-refractivity contribution in [3.05, 3.63) is 68.5 Å². The minimum atomic E-state index is -0.597. The smallest absolute Gasteiger partial charge is 0.300 e. The van der Waals surface area contributed by atoms with Crippen molar-refractivity contribution in [2.75, 3.05) is 5.33 Å². The summed E-state index contributed by atoms with van der Waals surface area (Å²) in [6.45, 7) is 2.05. The first kappa shape index (κ1) is 15.4. The van der Waals surface area contributed by atoms with Crippen LogP contribution < -0.4 is 11.2 Å². The zero-order valence-corrected chi connectivity index (χ0v) is 13.2. The van der Waals surface area contributed by atoms with E-state index in [2.05, 4.69) is 15.9 Å². The maximum Gasteiger partial charge on any atom is 0.338 e. The van der Waals surface area contributed by atoms with Gasteiger partial charge in [-0.05, 0) is 25.5 Å². The van der Waals surface area contributed by atoms with Crippen LogP contribution in [-0.2, 0) is 6.54 Å². The van der Waals surface area contributed by atoms with Gasteiger partial charge in [0.1, 0.15) is 0 Å². The van der Waals surface area contributed by atoms with Gasteiger partial charge in [-0.1, -0.05) is 34.1 Å². The van der Waals surface area contributed by atoms with Gasteiger partial charge >= 0.3 is 5.69 Å². The fourth-order valence-corrected chi connectivity index (χ4v) is 2.27. The Labute approximate surface area is 130 Å². The van der Waals surface area contributed by atoms with Gasteiger partial charge in [0.2, 0.25) is 0 Å². The summed E-state index contributed by atoms with van der Waals surface area (Å²) in [6.07, 6.45) is 2.24. The van der Waals surface area contributed by atoms with E-state index in [0.29, 0.717) is 22.2 Å². The molecule has 1 aromatic carbocycles. The molecule has 1 aromatic heterocycles. The zero-order valence-electron chi connectivity index (χ0n) is 11.6. The Bertz CT molecular complexity index is 763. The Morgan fingerprint density at radius 1 is 1.19 bits per heavy atom. The number of hydrogen-bond acceptors (Lipinski definition) is 3. The predicted octanol–water partition coefficient (Wildman–Crippen LogP) is 1.79. The molecular formula is C15H15BrN2O3. The topological polar surface area (TPSA) is 61.1 Å². The molecule has 0 aliphatic rings. The van der Waals surface area contributed by atoms with Crippen LogP contribution in [0.5, 0.6) is 0 Å². The van der Waals surface area contributed by atoms with Gasteiger partial charge in [0, 0.05) is 29.2 Å². The minimum absolute atomic E-state index is 0.314. The maximum absolute atomic E-state index is 12.4. The molecule has 0 N–H and O–H groups in total. The molecule has 0 atom stereocenters. The quantitative estimate of drug-likeness (QED) is 0.789. The van der Waals surface area contributed by atoms with E-state index in [1.807, 2.05) is 0 Å². The van der Waals surface area contributed by atoms with Gasteiger partial charge in [0.25, 0.3) is 11.5 Å². The average Bonchev–Trinajstić information content (AvgIpc) is 2.50. The fourth-order valence-electron chi connectivity index (χ4n) is 2.02. The summed E-state index contributed by atoms with van der Waals surface area (Å²) in [4.78, 5) is 36.9. The molecule has 0 aliphatic carbocycles. The first-order valence-electron chi connectivity index (χ1n) is 6.55. The normalized spacial score (nSPS) is 10.6. The summed E-state index contributed by atoms with van der Waals surface area (Å²) in [5.41, 5.74) is -0.479. The highest BCUT2D eigenvalue weighted by atomic mass is 79.9. The van der Waals surface area contributed by atoms with E-state index in [-0.39, 0.29) is 0 Å². The molecule has 0 bridgehead atoms. The van der Waals surface area contributed by atoms with Gasteiger partial charge in [-0.25, -0.2) is 4.79 Å². The van der Waals surface area contributed by atoms with E-state index in [9.17, 15) is 14.4 Å². The summed E-state index contributed by atoms with van der Waals surface area (Å²) in [5, 5.41) is 0.740. The Hall–Kier alpha value is -1.95. The lowest BCUT2D eigenvalue weighted by molar-refractivity contribution is 0.0948. The van der Waals surface area contributed by atoms with Crippen LogP contribution in [0.25, 0.3) is 0 Å². The molecule has 21 heavy (non-hydrogen) atoms. The average molecular weight is 351 g/mol. The lowest BCUT2D eigenvalue weighted by atomic mass is 10.2. The lowest BCUT2D eigenvalue weighted by Gasteiger charge is -2.10. The van der Waals surface area contributed by atoms with Gasteiger partial charge in [-0.3, -0.25) is 14.2 Å². The standard InChI is InChI=1S/C15H15BrN2O3/c1-11-10-17(9-5-8-16)15(21)18(13(11)19)14(20)12-6-3-2-4-7-12/h2-4,6-7,10H,5,8-9H2,1H3. The molecule has 0 aliphatic heterocycles. The zero-order chi connectivity index (χ0) is 15.4. The number of rotatable bonds is 4. The van der Waals surface area contributed by atoms with Gasteiger partial charge in [0.05, 0.1) is 0 Å². The molecule has 0 saturated carbocycles. The number of carbonyl (C=O) groups is 1. The highest BCUT2D eigenvalue weighted by Gasteiger charge is 2.16. The monoisotopic (exact) mass is 350 g/mol. The summed E-state index contributed by atoms with van der Waals surface area (Å²) in [5.74, 6) is -0.595. The molecule has 0 amide bonds. The van der Waals surface area contributed by atoms with E-state index >= 15 is 0 Å². The Morgan fingerprint density at radius 2 is 1.86 bits per heavy atom. The number of aromatic nitrogens is 2. The summed E-state index contributed by atoms with van der Waals surface area (Å²) >= 11 is 3.30. The number of carbonyl (C=O) groups excluding carboxylic acids is 1. The number of benzene rings is 1.